The first-order chi connectivity index (χ1) is 7.97. The third-order valence-corrected chi connectivity index (χ3v) is 1.95. The van der Waals surface area contributed by atoms with Crippen LogP contribution in [0.1, 0.15) is 0 Å². The van der Waals surface area contributed by atoms with Gasteiger partial charge in [-0.1, -0.05) is 0 Å². The Bertz CT molecular complexity index is 406. The number of carboxylic acids is 1. The molecule has 1 rings (SSSR count). The van der Waals surface area contributed by atoms with Gasteiger partial charge in [-0.15, -0.1) is 0 Å². The molecular formula is C11H13FN2O3. The molecular weight excluding hydrogens is 227 g/mol. The van der Waals surface area contributed by atoms with Crippen LogP contribution in [0.25, 0.3) is 0 Å². The van der Waals surface area contributed by atoms with Gasteiger partial charge < -0.3 is 10.4 Å². The molecule has 0 bridgehead atoms. The Morgan fingerprint density at radius 3 is 2.41 bits per heavy atom. The fraction of sp³-hybridized carbons (Fsp3) is 0.273. The lowest BCUT2D eigenvalue weighted by molar-refractivity contribution is -0.138. The molecule has 5 nitrogen and oxygen atoms in total. The van der Waals surface area contributed by atoms with Gasteiger partial charge in [0.2, 0.25) is 5.91 Å². The lowest BCUT2D eigenvalue weighted by Crippen LogP contribution is -2.33. The molecule has 0 aromatic heterocycles. The van der Waals surface area contributed by atoms with Crippen LogP contribution in [0.4, 0.5) is 10.1 Å². The molecule has 1 aromatic rings. The minimum atomic E-state index is -0.998. The van der Waals surface area contributed by atoms with Crippen LogP contribution < -0.4 is 5.32 Å². The largest absolute Gasteiger partial charge is 0.480 e. The number of hydrogen-bond acceptors (Lipinski definition) is 3. The maximum Gasteiger partial charge on any atom is 0.317 e. The molecule has 2 N–H and O–H groups in total. The zero-order chi connectivity index (χ0) is 12.8. The van der Waals surface area contributed by atoms with Crippen molar-refractivity contribution in [1.29, 1.82) is 0 Å². The Morgan fingerprint density at radius 1 is 1.29 bits per heavy atom. The first kappa shape index (κ1) is 13.1. The van der Waals surface area contributed by atoms with Crippen molar-refractivity contribution in [1.82, 2.24) is 4.90 Å². The molecule has 0 radical (unpaired) electrons. The van der Waals surface area contributed by atoms with Crippen LogP contribution >= 0.6 is 0 Å². The van der Waals surface area contributed by atoms with Crippen molar-refractivity contribution in [3.8, 4) is 0 Å². The monoisotopic (exact) mass is 240 g/mol. The molecule has 0 atom stereocenters. The summed E-state index contributed by atoms with van der Waals surface area (Å²) in [6.45, 7) is -0.249. The normalized spacial score (nSPS) is 10.3. The summed E-state index contributed by atoms with van der Waals surface area (Å²) in [5.41, 5.74) is 0.472. The van der Waals surface area contributed by atoms with Gasteiger partial charge in [-0.25, -0.2) is 4.39 Å². The molecule has 0 aliphatic heterocycles. The molecule has 0 heterocycles. The van der Waals surface area contributed by atoms with E-state index in [-0.39, 0.29) is 24.8 Å². The lowest BCUT2D eigenvalue weighted by atomic mass is 10.3. The molecule has 0 aliphatic rings. The number of hydrogen-bond donors (Lipinski definition) is 2. The van der Waals surface area contributed by atoms with Crippen LogP contribution in [-0.2, 0) is 9.59 Å². The summed E-state index contributed by atoms with van der Waals surface area (Å²) in [6.07, 6.45) is 0. The van der Waals surface area contributed by atoms with Crippen molar-refractivity contribution in [2.24, 2.45) is 0 Å². The highest BCUT2D eigenvalue weighted by molar-refractivity contribution is 5.92. The fourth-order valence-electron chi connectivity index (χ4n) is 1.27. The second kappa shape index (κ2) is 5.95. The van der Waals surface area contributed by atoms with Crippen molar-refractivity contribution >= 4 is 17.6 Å². The van der Waals surface area contributed by atoms with Crippen LogP contribution in [0, 0.1) is 5.82 Å². The highest BCUT2D eigenvalue weighted by atomic mass is 19.1. The van der Waals surface area contributed by atoms with Crippen molar-refractivity contribution in [3.63, 3.8) is 0 Å². The van der Waals surface area contributed by atoms with Crippen LogP contribution in [0.15, 0.2) is 24.3 Å². The second-order valence-electron chi connectivity index (χ2n) is 3.62. The zero-order valence-corrected chi connectivity index (χ0v) is 9.31. The van der Waals surface area contributed by atoms with Gasteiger partial charge in [-0.05, 0) is 31.3 Å². The van der Waals surface area contributed by atoms with Crippen molar-refractivity contribution in [3.05, 3.63) is 30.1 Å². The Kier molecular flexibility index (Phi) is 4.59. The van der Waals surface area contributed by atoms with Crippen LogP contribution in [0.3, 0.4) is 0 Å². The summed E-state index contributed by atoms with van der Waals surface area (Å²) in [5, 5.41) is 11.0. The van der Waals surface area contributed by atoms with Gasteiger partial charge in [0, 0.05) is 5.69 Å². The molecule has 1 amide bonds. The number of halogens is 1. The van der Waals surface area contributed by atoms with E-state index in [4.69, 9.17) is 5.11 Å². The molecule has 0 unspecified atom stereocenters. The molecule has 0 fully saturated rings. The number of carbonyl (C=O) groups excluding carboxylic acids is 1. The van der Waals surface area contributed by atoms with Crippen LogP contribution in [0.2, 0.25) is 0 Å². The van der Waals surface area contributed by atoms with Crippen LogP contribution in [-0.4, -0.2) is 42.0 Å². The van der Waals surface area contributed by atoms with E-state index in [1.54, 1.807) is 0 Å². The molecule has 0 saturated carbocycles. The molecule has 0 saturated heterocycles. The summed E-state index contributed by atoms with van der Waals surface area (Å²) in [7, 11) is 1.53. The number of amides is 1. The van der Waals surface area contributed by atoms with E-state index >= 15 is 0 Å². The number of benzene rings is 1. The zero-order valence-electron chi connectivity index (χ0n) is 9.31. The molecule has 17 heavy (non-hydrogen) atoms. The first-order valence-corrected chi connectivity index (χ1v) is 4.93. The number of nitrogens with one attached hydrogen (secondary N) is 1. The lowest BCUT2D eigenvalue weighted by Gasteiger charge is -2.13. The standard InChI is InChI=1S/C11H13FN2O3/c1-14(7-11(16)17)6-10(15)13-9-4-2-8(12)3-5-9/h2-5H,6-7H2,1H3,(H,13,15)(H,16,17). The summed E-state index contributed by atoms with van der Waals surface area (Å²) in [4.78, 5) is 23.2. The molecule has 6 heteroatoms. The Hall–Kier alpha value is -1.95. The second-order valence-corrected chi connectivity index (χ2v) is 3.62. The maximum atomic E-state index is 12.6. The Labute approximate surface area is 97.8 Å². The number of rotatable bonds is 5. The van der Waals surface area contributed by atoms with E-state index < -0.39 is 5.97 Å². The summed E-state index contributed by atoms with van der Waals surface area (Å²) in [6, 6.07) is 5.34. The molecule has 1 aromatic carbocycles. The Balaban J connectivity index is 2.44. The predicted molar refractivity (Wildman–Crippen MR) is 60.2 cm³/mol. The van der Waals surface area contributed by atoms with E-state index in [1.165, 1.54) is 36.2 Å². The number of nitrogens with zero attached hydrogens (tertiary/aromatic N) is 1. The van der Waals surface area contributed by atoms with Gasteiger partial charge in [0.15, 0.2) is 0 Å². The van der Waals surface area contributed by atoms with Crippen molar-refractivity contribution in [2.75, 3.05) is 25.5 Å². The predicted octanol–water partition coefficient (Wildman–Crippen LogP) is 0.781. The number of anilines is 1. The van der Waals surface area contributed by atoms with Crippen molar-refractivity contribution < 1.29 is 19.1 Å². The number of likely N-dealkylation sites (N-methyl/N-ethyl adjacent to an activating group) is 1. The topological polar surface area (TPSA) is 69.6 Å². The SMILES string of the molecule is CN(CC(=O)O)CC(=O)Nc1ccc(F)cc1. The number of carbonyl (C=O) groups is 2. The van der Waals surface area contributed by atoms with Gasteiger partial charge in [0.1, 0.15) is 5.82 Å². The third kappa shape index (κ3) is 5.07. The van der Waals surface area contributed by atoms with E-state index in [1.807, 2.05) is 0 Å². The quantitative estimate of drug-likeness (QED) is 0.798. The summed E-state index contributed by atoms with van der Waals surface area (Å²) in [5.74, 6) is -1.73. The Morgan fingerprint density at radius 2 is 1.88 bits per heavy atom. The minimum absolute atomic E-state index is 0.0380. The molecule has 0 spiro atoms. The van der Waals surface area contributed by atoms with Crippen molar-refractivity contribution in [2.45, 2.75) is 0 Å². The maximum absolute atomic E-state index is 12.6. The van der Waals surface area contributed by atoms with Crippen LogP contribution in [0.5, 0.6) is 0 Å². The summed E-state index contributed by atoms with van der Waals surface area (Å²) < 4.78 is 12.6. The van der Waals surface area contributed by atoms with Gasteiger partial charge in [0.25, 0.3) is 0 Å². The highest BCUT2D eigenvalue weighted by Crippen LogP contribution is 2.07. The van der Waals surface area contributed by atoms with E-state index in [2.05, 4.69) is 5.32 Å². The fourth-order valence-corrected chi connectivity index (χ4v) is 1.27. The first-order valence-electron chi connectivity index (χ1n) is 4.93. The van der Waals surface area contributed by atoms with E-state index in [9.17, 15) is 14.0 Å². The highest BCUT2D eigenvalue weighted by Gasteiger charge is 2.09. The molecule has 0 aliphatic carbocycles. The van der Waals surface area contributed by atoms with Gasteiger partial charge >= 0.3 is 5.97 Å². The average Bonchev–Trinajstić information content (AvgIpc) is 2.19. The van der Waals surface area contributed by atoms with Gasteiger partial charge in [-0.3, -0.25) is 14.5 Å². The van der Waals surface area contributed by atoms with E-state index in [0.717, 1.165) is 0 Å². The van der Waals surface area contributed by atoms with E-state index in [0.29, 0.717) is 5.69 Å². The van der Waals surface area contributed by atoms with Gasteiger partial charge in [-0.2, -0.15) is 0 Å². The summed E-state index contributed by atoms with van der Waals surface area (Å²) >= 11 is 0. The number of carboxylic acid groups (broad SMARTS) is 1. The molecule has 92 valence electrons. The minimum Gasteiger partial charge on any atom is -0.480 e. The van der Waals surface area contributed by atoms with Gasteiger partial charge in [0.05, 0.1) is 13.1 Å². The average molecular weight is 240 g/mol. The third-order valence-electron chi connectivity index (χ3n) is 1.95. The smallest absolute Gasteiger partial charge is 0.317 e. The number of aliphatic carboxylic acids is 1.